The molecule has 1 fully saturated rings. The van der Waals surface area contributed by atoms with Gasteiger partial charge in [0.2, 0.25) is 0 Å². The maximum absolute atomic E-state index is 12.7. The molecule has 0 unspecified atom stereocenters. The molecule has 1 aliphatic heterocycles. The second kappa shape index (κ2) is 10.4. The minimum absolute atomic E-state index is 0.352. The van der Waals surface area contributed by atoms with Gasteiger partial charge in [-0.25, -0.2) is 9.78 Å². The van der Waals surface area contributed by atoms with Gasteiger partial charge in [0, 0.05) is 29.6 Å². The average Bonchev–Trinajstić information content (AvgIpc) is 3.34. The van der Waals surface area contributed by atoms with Crippen molar-refractivity contribution in [2.75, 3.05) is 19.7 Å². The van der Waals surface area contributed by atoms with E-state index in [1.807, 2.05) is 61.9 Å². The van der Waals surface area contributed by atoms with Crippen molar-refractivity contribution in [1.29, 1.82) is 5.26 Å². The number of nitriles is 1. The first-order chi connectivity index (χ1) is 18.6. The molecule has 0 N–H and O–H groups in total. The lowest BCUT2D eigenvalue weighted by atomic mass is 9.97. The van der Waals surface area contributed by atoms with Gasteiger partial charge in [0.25, 0.3) is 0 Å². The summed E-state index contributed by atoms with van der Waals surface area (Å²) in [4.78, 5) is 19.4. The zero-order valence-corrected chi connectivity index (χ0v) is 22.8. The van der Waals surface area contributed by atoms with Crippen LogP contribution >= 0.6 is 0 Å². The molecule has 0 spiro atoms. The lowest BCUT2D eigenvalue weighted by molar-refractivity contribution is -0.0246. The summed E-state index contributed by atoms with van der Waals surface area (Å²) < 4.78 is 13.6. The van der Waals surface area contributed by atoms with Crippen LogP contribution in [0.5, 0.6) is 0 Å². The molecule has 1 aliphatic rings. The summed E-state index contributed by atoms with van der Waals surface area (Å²) in [6, 6.07) is 22.1. The zero-order valence-electron chi connectivity index (χ0n) is 22.8. The van der Waals surface area contributed by atoms with Gasteiger partial charge >= 0.3 is 6.09 Å². The van der Waals surface area contributed by atoms with Crippen LogP contribution in [0, 0.1) is 18.3 Å². The van der Waals surface area contributed by atoms with Gasteiger partial charge in [-0.05, 0) is 57.5 Å². The lowest BCUT2D eigenvalue weighted by Crippen LogP contribution is -2.48. The van der Waals surface area contributed by atoms with E-state index in [4.69, 9.17) is 14.5 Å². The predicted octanol–water partition coefficient (Wildman–Crippen LogP) is 6.66. The molecule has 7 heteroatoms. The van der Waals surface area contributed by atoms with Gasteiger partial charge in [0.05, 0.1) is 41.5 Å². The third-order valence-electron chi connectivity index (χ3n) is 6.72. The Morgan fingerprint density at radius 3 is 2.46 bits per heavy atom. The van der Waals surface area contributed by atoms with E-state index in [0.29, 0.717) is 31.0 Å². The molecular weight excluding hydrogens is 488 g/mol. The number of carbonyl (C=O) groups excluding carboxylic acids is 1. The first kappa shape index (κ1) is 26.2. The van der Waals surface area contributed by atoms with Crippen molar-refractivity contribution in [1.82, 2.24) is 14.5 Å². The second-order valence-corrected chi connectivity index (χ2v) is 10.8. The molecule has 39 heavy (non-hydrogen) atoms. The van der Waals surface area contributed by atoms with Crippen LogP contribution < -0.4 is 0 Å². The van der Waals surface area contributed by atoms with Crippen molar-refractivity contribution in [2.45, 2.75) is 39.4 Å². The molecule has 1 atom stereocenters. The Labute approximate surface area is 228 Å². The van der Waals surface area contributed by atoms with Crippen LogP contribution in [0.25, 0.3) is 39.1 Å². The van der Waals surface area contributed by atoms with E-state index < -0.39 is 11.7 Å². The van der Waals surface area contributed by atoms with E-state index in [-0.39, 0.29) is 6.09 Å². The number of aromatic nitrogens is 2. The van der Waals surface area contributed by atoms with Crippen molar-refractivity contribution in [2.24, 2.45) is 0 Å². The number of ether oxygens (including phenoxy) is 2. The number of hydrogen-bond acceptors (Lipinski definition) is 5. The maximum atomic E-state index is 12.7. The van der Waals surface area contributed by atoms with Gasteiger partial charge < -0.3 is 18.9 Å². The van der Waals surface area contributed by atoms with Crippen LogP contribution in [0.2, 0.25) is 0 Å². The van der Waals surface area contributed by atoms with E-state index in [1.165, 1.54) is 5.56 Å². The third kappa shape index (κ3) is 5.57. The quantitative estimate of drug-likeness (QED) is 0.301. The van der Waals surface area contributed by atoms with E-state index in [0.717, 1.165) is 33.4 Å². The smallest absolute Gasteiger partial charge is 0.410 e. The van der Waals surface area contributed by atoms with E-state index >= 15 is 0 Å². The van der Waals surface area contributed by atoms with Gasteiger partial charge in [-0.15, -0.1) is 0 Å². The van der Waals surface area contributed by atoms with Crippen LogP contribution in [0.4, 0.5) is 4.79 Å². The molecule has 0 bridgehead atoms. The Hall–Kier alpha value is -4.41. The number of hydrogen-bond donors (Lipinski definition) is 0. The highest BCUT2D eigenvalue weighted by atomic mass is 16.6. The van der Waals surface area contributed by atoms with Crippen LogP contribution in [-0.2, 0) is 9.47 Å². The Balaban J connectivity index is 1.53. The highest BCUT2D eigenvalue weighted by Gasteiger charge is 2.30. The molecule has 7 nitrogen and oxygen atoms in total. The number of amides is 1. The summed E-state index contributed by atoms with van der Waals surface area (Å²) in [5.74, 6) is 0. The molecule has 1 amide bonds. The normalized spacial score (nSPS) is 15.7. The molecule has 0 aliphatic carbocycles. The van der Waals surface area contributed by atoms with E-state index in [9.17, 15) is 10.1 Å². The summed E-state index contributed by atoms with van der Waals surface area (Å²) in [5.41, 5.74) is 7.41. The van der Waals surface area contributed by atoms with Crippen LogP contribution in [-0.4, -0.2) is 51.9 Å². The number of aryl methyl sites for hydroxylation is 1. The summed E-state index contributed by atoms with van der Waals surface area (Å²) in [7, 11) is 0. The topological polar surface area (TPSA) is 80.4 Å². The second-order valence-electron chi connectivity index (χ2n) is 10.8. The largest absolute Gasteiger partial charge is 0.444 e. The van der Waals surface area contributed by atoms with Crippen LogP contribution in [0.15, 0.2) is 73.4 Å². The van der Waals surface area contributed by atoms with E-state index in [2.05, 4.69) is 49.9 Å². The van der Waals surface area contributed by atoms with Crippen molar-refractivity contribution in [3.8, 4) is 28.5 Å². The van der Waals surface area contributed by atoms with Gasteiger partial charge in [-0.1, -0.05) is 48.5 Å². The molecule has 1 saturated heterocycles. The standard InChI is InChI=1S/C32H32N4O3/c1-21-6-10-25(11-7-21)30-26(24-12-8-23(19-33)9-13-24)18-28-27(34-30)14-15-36(28)22(2)29-20-35(16-17-38-29)31(37)39-32(3,4)5/h6-15,18,29H,2,16-17,20H2,1,3-5H3/t29-/m1/s1. The van der Waals surface area contributed by atoms with Crippen molar-refractivity contribution in [3.05, 3.63) is 84.6 Å². The fourth-order valence-corrected chi connectivity index (χ4v) is 4.68. The molecule has 0 saturated carbocycles. The number of pyridine rings is 1. The number of benzene rings is 2. The Bertz CT molecular complexity index is 1570. The summed E-state index contributed by atoms with van der Waals surface area (Å²) in [6.45, 7) is 13.2. The molecular formula is C32H32N4O3. The predicted molar refractivity (Wildman–Crippen MR) is 153 cm³/mol. The number of nitrogens with zero attached hydrogens (tertiary/aromatic N) is 4. The molecule has 2 aromatic carbocycles. The maximum Gasteiger partial charge on any atom is 0.410 e. The van der Waals surface area contributed by atoms with E-state index in [1.54, 1.807) is 4.90 Å². The lowest BCUT2D eigenvalue weighted by Gasteiger charge is -2.35. The van der Waals surface area contributed by atoms with Gasteiger partial charge in [0.1, 0.15) is 11.7 Å². The Kier molecular flexibility index (Phi) is 6.98. The highest BCUT2D eigenvalue weighted by Crippen LogP contribution is 2.35. The van der Waals surface area contributed by atoms with Gasteiger partial charge in [0.15, 0.2) is 0 Å². The van der Waals surface area contributed by atoms with Crippen LogP contribution in [0.3, 0.4) is 0 Å². The van der Waals surface area contributed by atoms with Crippen molar-refractivity contribution >= 4 is 22.8 Å². The minimum atomic E-state index is -0.568. The summed E-state index contributed by atoms with van der Waals surface area (Å²) >= 11 is 0. The summed E-state index contributed by atoms with van der Waals surface area (Å²) in [5, 5.41) is 9.28. The molecule has 4 aromatic rings. The molecule has 198 valence electrons. The fraction of sp³-hybridized carbons (Fsp3) is 0.281. The average molecular weight is 521 g/mol. The third-order valence-corrected chi connectivity index (χ3v) is 6.72. The number of morpholine rings is 1. The Morgan fingerprint density at radius 2 is 1.79 bits per heavy atom. The molecule has 0 radical (unpaired) electrons. The first-order valence-corrected chi connectivity index (χ1v) is 13.0. The first-order valence-electron chi connectivity index (χ1n) is 13.0. The van der Waals surface area contributed by atoms with Gasteiger partial charge in [-0.2, -0.15) is 5.26 Å². The Morgan fingerprint density at radius 1 is 1.10 bits per heavy atom. The summed E-state index contributed by atoms with van der Waals surface area (Å²) in [6.07, 6.45) is 1.20. The molecule has 5 rings (SSSR count). The van der Waals surface area contributed by atoms with Gasteiger partial charge in [-0.3, -0.25) is 0 Å². The number of rotatable bonds is 4. The van der Waals surface area contributed by atoms with Crippen LogP contribution in [0.1, 0.15) is 31.9 Å². The fourth-order valence-electron chi connectivity index (χ4n) is 4.68. The highest BCUT2D eigenvalue weighted by molar-refractivity contribution is 5.92. The zero-order chi connectivity index (χ0) is 27.7. The minimum Gasteiger partial charge on any atom is -0.444 e. The molecule has 2 aromatic heterocycles. The SMILES string of the molecule is C=C([C@H]1CN(C(=O)OC(C)(C)C)CCO1)n1ccc2nc(-c3ccc(C)cc3)c(-c3ccc(C#N)cc3)cc21. The number of carbonyl (C=O) groups is 1. The van der Waals surface area contributed by atoms with Crippen molar-refractivity contribution < 1.29 is 14.3 Å². The number of fused-ring (bicyclic) bond motifs is 1. The molecule has 3 heterocycles. The monoisotopic (exact) mass is 520 g/mol. The van der Waals surface area contributed by atoms with Crippen molar-refractivity contribution in [3.63, 3.8) is 0 Å².